The number of allylic oxidation sites excluding steroid dienone is 2. The molecule has 1 aliphatic carbocycles. The Morgan fingerprint density at radius 1 is 1.18 bits per heavy atom. The fourth-order valence-corrected chi connectivity index (χ4v) is 5.58. The Morgan fingerprint density at radius 3 is 2.71 bits per heavy atom. The number of carbonyl (C=O) groups excluding carboxylic acids is 2. The second kappa shape index (κ2) is 9.50. The molecule has 2 aromatic carbocycles. The van der Waals surface area contributed by atoms with Gasteiger partial charge in [0, 0.05) is 24.2 Å². The Kier molecular flexibility index (Phi) is 6.28. The van der Waals surface area contributed by atoms with Crippen molar-refractivity contribution in [2.24, 2.45) is 0 Å². The lowest BCUT2D eigenvalue weighted by molar-refractivity contribution is -0.159. The summed E-state index contributed by atoms with van der Waals surface area (Å²) < 4.78 is 5.22. The molecule has 34 heavy (non-hydrogen) atoms. The van der Waals surface area contributed by atoms with E-state index < -0.39 is 0 Å². The largest absolute Gasteiger partial charge is 0.497 e. The summed E-state index contributed by atoms with van der Waals surface area (Å²) in [5.74, 6) is 0.517. The molecule has 7 heteroatoms. The number of aliphatic hydroxyl groups excluding tert-OH is 1. The zero-order valence-corrected chi connectivity index (χ0v) is 19.4. The number of rotatable bonds is 5. The Morgan fingerprint density at radius 2 is 2.00 bits per heavy atom. The number of nitrogens with zero attached hydrogens (tertiary/aromatic N) is 2. The quantitative estimate of drug-likeness (QED) is 0.709. The molecule has 0 bridgehead atoms. The highest BCUT2D eigenvalue weighted by Crippen LogP contribution is 2.43. The predicted octanol–water partition coefficient (Wildman–Crippen LogP) is 3.86. The van der Waals surface area contributed by atoms with Gasteiger partial charge in [-0.25, -0.2) is 4.79 Å². The number of hydrogen-bond acceptors (Lipinski definition) is 4. The van der Waals surface area contributed by atoms with Crippen LogP contribution in [0.5, 0.6) is 5.75 Å². The first-order valence-electron chi connectivity index (χ1n) is 12.0. The van der Waals surface area contributed by atoms with Crippen molar-refractivity contribution in [2.45, 2.75) is 43.7 Å². The topological polar surface area (TPSA) is 82.1 Å². The number of anilines is 1. The number of benzene rings is 2. The first-order valence-corrected chi connectivity index (χ1v) is 12.0. The third-order valence-corrected chi connectivity index (χ3v) is 7.32. The SMILES string of the molecule is COc1cccc(NC(=O)N2CC(=O)N3[C@@H](CO)[C@H](c4ccc(C5=CCCCC5)cc4)[C@@H]3C2)c1. The molecule has 7 nitrogen and oxygen atoms in total. The molecule has 2 saturated heterocycles. The standard InChI is InChI=1S/C27H31N3O4/c1-34-22-9-5-8-21(14-22)28-27(33)29-15-23-26(24(17-31)30(23)25(32)16-29)20-12-10-19(11-13-20)18-6-3-2-4-7-18/h5-6,8-14,23-24,26,31H,2-4,7,15-17H2,1H3,(H,28,33)/t23-,24-,26+/m0/s1. The van der Waals surface area contributed by atoms with E-state index in [4.69, 9.17) is 4.74 Å². The van der Waals surface area contributed by atoms with Gasteiger partial charge in [-0.2, -0.15) is 0 Å². The predicted molar refractivity (Wildman–Crippen MR) is 131 cm³/mol. The Hall–Kier alpha value is -3.32. The summed E-state index contributed by atoms with van der Waals surface area (Å²) in [4.78, 5) is 29.2. The fraction of sp³-hybridized carbons (Fsp3) is 0.407. The summed E-state index contributed by atoms with van der Waals surface area (Å²) in [6.07, 6.45) is 7.08. The van der Waals surface area contributed by atoms with Crippen molar-refractivity contribution in [3.8, 4) is 5.75 Å². The molecule has 0 unspecified atom stereocenters. The highest BCUT2D eigenvalue weighted by atomic mass is 16.5. The van der Waals surface area contributed by atoms with Crippen molar-refractivity contribution in [3.63, 3.8) is 0 Å². The van der Waals surface area contributed by atoms with Gasteiger partial charge < -0.3 is 25.0 Å². The van der Waals surface area contributed by atoms with Crippen LogP contribution in [0.15, 0.2) is 54.6 Å². The van der Waals surface area contributed by atoms with Gasteiger partial charge in [0.25, 0.3) is 0 Å². The number of methoxy groups -OCH3 is 1. The van der Waals surface area contributed by atoms with E-state index in [-0.39, 0.29) is 43.1 Å². The third kappa shape index (κ3) is 4.16. The summed E-state index contributed by atoms with van der Waals surface area (Å²) in [5.41, 5.74) is 4.37. The van der Waals surface area contributed by atoms with E-state index in [1.165, 1.54) is 24.0 Å². The molecule has 2 aromatic rings. The van der Waals surface area contributed by atoms with Gasteiger partial charge in [-0.3, -0.25) is 4.79 Å². The van der Waals surface area contributed by atoms with Crippen LogP contribution in [0, 0.1) is 0 Å². The van der Waals surface area contributed by atoms with Gasteiger partial charge in [-0.05, 0) is 54.5 Å². The molecule has 2 N–H and O–H groups in total. The lowest BCUT2D eigenvalue weighted by Gasteiger charge is -2.58. The van der Waals surface area contributed by atoms with E-state index in [1.54, 1.807) is 35.1 Å². The summed E-state index contributed by atoms with van der Waals surface area (Å²) >= 11 is 0. The monoisotopic (exact) mass is 461 g/mol. The van der Waals surface area contributed by atoms with E-state index in [2.05, 4.69) is 35.7 Å². The fourth-order valence-electron chi connectivity index (χ4n) is 5.58. The van der Waals surface area contributed by atoms with E-state index in [0.717, 1.165) is 18.4 Å². The van der Waals surface area contributed by atoms with Crippen LogP contribution >= 0.6 is 0 Å². The zero-order valence-electron chi connectivity index (χ0n) is 19.4. The number of piperazine rings is 1. The average Bonchev–Trinajstić information content (AvgIpc) is 2.86. The van der Waals surface area contributed by atoms with Crippen LogP contribution in [-0.4, -0.2) is 65.7 Å². The molecule has 2 heterocycles. The van der Waals surface area contributed by atoms with Crippen LogP contribution in [0.4, 0.5) is 10.5 Å². The van der Waals surface area contributed by atoms with E-state index in [0.29, 0.717) is 18.0 Å². The Balaban J connectivity index is 1.31. The lowest BCUT2D eigenvalue weighted by Crippen LogP contribution is -2.73. The molecule has 2 fully saturated rings. The van der Waals surface area contributed by atoms with Crippen LogP contribution in [0.3, 0.4) is 0 Å². The van der Waals surface area contributed by atoms with Crippen molar-refractivity contribution >= 4 is 23.2 Å². The van der Waals surface area contributed by atoms with Crippen molar-refractivity contribution < 1.29 is 19.4 Å². The highest BCUT2D eigenvalue weighted by Gasteiger charge is 2.54. The number of aliphatic hydroxyl groups is 1. The van der Waals surface area contributed by atoms with Crippen LogP contribution in [0.25, 0.3) is 5.57 Å². The maximum Gasteiger partial charge on any atom is 0.322 e. The first-order chi connectivity index (χ1) is 16.6. The van der Waals surface area contributed by atoms with Gasteiger partial charge in [-0.1, -0.05) is 36.4 Å². The molecule has 3 atom stereocenters. The maximum absolute atomic E-state index is 13.0. The molecule has 0 radical (unpaired) electrons. The van der Waals surface area contributed by atoms with E-state index in [1.807, 2.05) is 6.07 Å². The molecular formula is C27H31N3O4. The number of fused-ring (bicyclic) bond motifs is 1. The number of hydrogen-bond donors (Lipinski definition) is 2. The Labute approximate surface area is 200 Å². The smallest absolute Gasteiger partial charge is 0.322 e. The Bertz CT molecular complexity index is 1100. The normalized spacial score (nSPS) is 24.1. The minimum Gasteiger partial charge on any atom is -0.497 e. The third-order valence-electron chi connectivity index (χ3n) is 7.32. The van der Waals surface area contributed by atoms with Gasteiger partial charge in [0.1, 0.15) is 12.3 Å². The molecule has 0 saturated carbocycles. The van der Waals surface area contributed by atoms with Crippen LogP contribution < -0.4 is 10.1 Å². The van der Waals surface area contributed by atoms with E-state index >= 15 is 0 Å². The number of urea groups is 1. The van der Waals surface area contributed by atoms with Gasteiger partial charge >= 0.3 is 6.03 Å². The van der Waals surface area contributed by atoms with Crippen LogP contribution in [-0.2, 0) is 4.79 Å². The van der Waals surface area contributed by atoms with Crippen molar-refractivity contribution in [3.05, 3.63) is 65.7 Å². The summed E-state index contributed by atoms with van der Waals surface area (Å²) in [7, 11) is 1.58. The number of nitrogens with one attached hydrogen (secondary N) is 1. The summed E-state index contributed by atoms with van der Waals surface area (Å²) in [6, 6.07) is 15.0. The minimum absolute atomic E-state index is 0.00259. The van der Waals surface area contributed by atoms with Crippen molar-refractivity contribution in [1.82, 2.24) is 9.80 Å². The number of ether oxygens (including phenoxy) is 1. The molecule has 0 spiro atoms. The molecular weight excluding hydrogens is 430 g/mol. The number of amides is 3. The second-order valence-electron chi connectivity index (χ2n) is 9.28. The first kappa shape index (κ1) is 22.5. The summed E-state index contributed by atoms with van der Waals surface area (Å²) in [5, 5.41) is 12.9. The molecule has 5 rings (SSSR count). The van der Waals surface area contributed by atoms with Crippen LogP contribution in [0.1, 0.15) is 42.7 Å². The summed E-state index contributed by atoms with van der Waals surface area (Å²) in [6.45, 7) is 0.341. The van der Waals surface area contributed by atoms with Gasteiger partial charge in [0.2, 0.25) is 5.91 Å². The average molecular weight is 462 g/mol. The molecule has 3 amide bonds. The minimum atomic E-state index is -0.313. The van der Waals surface area contributed by atoms with Gasteiger partial charge in [-0.15, -0.1) is 0 Å². The van der Waals surface area contributed by atoms with Crippen molar-refractivity contribution in [2.75, 3.05) is 32.1 Å². The zero-order chi connectivity index (χ0) is 23.7. The maximum atomic E-state index is 13.0. The molecule has 3 aliphatic rings. The number of carbonyl (C=O) groups is 2. The van der Waals surface area contributed by atoms with Crippen LogP contribution in [0.2, 0.25) is 0 Å². The second-order valence-corrected chi connectivity index (χ2v) is 9.28. The van der Waals surface area contributed by atoms with Gasteiger partial charge in [0.05, 0.1) is 25.8 Å². The molecule has 2 aliphatic heterocycles. The molecule has 178 valence electrons. The highest BCUT2D eigenvalue weighted by molar-refractivity contribution is 5.94. The van der Waals surface area contributed by atoms with Gasteiger partial charge in [0.15, 0.2) is 0 Å². The van der Waals surface area contributed by atoms with Crippen molar-refractivity contribution in [1.29, 1.82) is 0 Å². The van der Waals surface area contributed by atoms with E-state index in [9.17, 15) is 14.7 Å². The molecule has 0 aromatic heterocycles. The lowest BCUT2D eigenvalue weighted by atomic mass is 9.73.